The zero-order valence-corrected chi connectivity index (χ0v) is 11.2. The maximum atomic E-state index is 9.42. The van der Waals surface area contributed by atoms with Crippen LogP contribution in [-0.4, -0.2) is 35.7 Å². The highest BCUT2D eigenvalue weighted by Gasteiger charge is 2.44. The Morgan fingerprint density at radius 1 is 1.19 bits per heavy atom. The van der Waals surface area contributed by atoms with Gasteiger partial charge in [0, 0.05) is 19.6 Å². The molecule has 2 nitrogen and oxygen atoms in total. The molecule has 1 saturated heterocycles. The van der Waals surface area contributed by atoms with Gasteiger partial charge < -0.3 is 10.0 Å². The number of hydrogen-bond acceptors (Lipinski definition) is 2. The van der Waals surface area contributed by atoms with Crippen LogP contribution in [0.1, 0.15) is 40.5 Å². The molecule has 0 aromatic carbocycles. The van der Waals surface area contributed by atoms with E-state index in [2.05, 4.69) is 25.7 Å². The minimum absolute atomic E-state index is 0.169. The molecule has 1 heterocycles. The SMILES string of the molecule is CC(O)CN1CC2CC(C(C)(C)C)CC2C1. The monoisotopic (exact) mass is 225 g/mol. The van der Waals surface area contributed by atoms with Crippen molar-refractivity contribution in [3.63, 3.8) is 0 Å². The van der Waals surface area contributed by atoms with Crippen molar-refractivity contribution in [2.75, 3.05) is 19.6 Å². The minimum atomic E-state index is -0.169. The first kappa shape index (κ1) is 12.4. The molecule has 0 radical (unpaired) electrons. The summed E-state index contributed by atoms with van der Waals surface area (Å²) in [7, 11) is 0. The third-order valence-electron chi connectivity index (χ3n) is 4.57. The summed E-state index contributed by atoms with van der Waals surface area (Å²) in [6.45, 7) is 12.4. The summed E-state index contributed by atoms with van der Waals surface area (Å²) in [5.74, 6) is 2.72. The van der Waals surface area contributed by atoms with E-state index < -0.39 is 0 Å². The van der Waals surface area contributed by atoms with Gasteiger partial charge in [-0.05, 0) is 42.9 Å². The fourth-order valence-corrected chi connectivity index (χ4v) is 3.63. The lowest BCUT2D eigenvalue weighted by Crippen LogP contribution is -2.30. The predicted molar refractivity (Wildman–Crippen MR) is 67.3 cm³/mol. The Balaban J connectivity index is 1.86. The average molecular weight is 225 g/mol. The first-order chi connectivity index (χ1) is 7.36. The smallest absolute Gasteiger partial charge is 0.0639 e. The molecule has 3 unspecified atom stereocenters. The van der Waals surface area contributed by atoms with Gasteiger partial charge in [-0.2, -0.15) is 0 Å². The minimum Gasteiger partial charge on any atom is -0.392 e. The molecule has 94 valence electrons. The molecular weight excluding hydrogens is 198 g/mol. The molecule has 0 aromatic rings. The predicted octanol–water partition coefficient (Wildman–Crippen LogP) is 2.37. The van der Waals surface area contributed by atoms with Crippen LogP contribution in [0.4, 0.5) is 0 Å². The van der Waals surface area contributed by atoms with E-state index in [1.807, 2.05) is 6.92 Å². The van der Waals surface area contributed by atoms with Crippen LogP contribution in [0.2, 0.25) is 0 Å². The second-order valence-corrected chi connectivity index (χ2v) is 7.12. The zero-order chi connectivity index (χ0) is 11.9. The summed E-state index contributed by atoms with van der Waals surface area (Å²) in [4.78, 5) is 2.46. The maximum absolute atomic E-state index is 9.42. The van der Waals surface area contributed by atoms with Crippen LogP contribution >= 0.6 is 0 Å². The fraction of sp³-hybridized carbons (Fsp3) is 1.00. The Bertz CT molecular complexity index is 230. The molecule has 0 spiro atoms. The van der Waals surface area contributed by atoms with Gasteiger partial charge in [0.25, 0.3) is 0 Å². The van der Waals surface area contributed by atoms with E-state index >= 15 is 0 Å². The molecule has 2 rings (SSSR count). The van der Waals surface area contributed by atoms with Crippen molar-refractivity contribution in [1.82, 2.24) is 4.90 Å². The number of nitrogens with zero attached hydrogens (tertiary/aromatic N) is 1. The number of aliphatic hydroxyl groups is 1. The van der Waals surface area contributed by atoms with E-state index in [0.29, 0.717) is 5.41 Å². The molecule has 0 aromatic heterocycles. The van der Waals surface area contributed by atoms with Crippen LogP contribution in [0.3, 0.4) is 0 Å². The summed E-state index contributed by atoms with van der Waals surface area (Å²) >= 11 is 0. The lowest BCUT2D eigenvalue weighted by atomic mass is 9.79. The Hall–Kier alpha value is -0.0800. The van der Waals surface area contributed by atoms with E-state index in [-0.39, 0.29) is 6.10 Å². The molecule has 0 amide bonds. The number of aliphatic hydroxyl groups excluding tert-OH is 1. The summed E-state index contributed by atoms with van der Waals surface area (Å²) in [5, 5.41) is 9.42. The van der Waals surface area contributed by atoms with Crippen molar-refractivity contribution >= 4 is 0 Å². The standard InChI is InChI=1S/C14H27NO/c1-10(16)7-15-8-11-5-13(14(2,3)4)6-12(11)9-15/h10-13,16H,5-9H2,1-4H3. The highest BCUT2D eigenvalue weighted by atomic mass is 16.3. The Labute approximate surface area is 100 Å². The van der Waals surface area contributed by atoms with Crippen LogP contribution in [0, 0.1) is 23.2 Å². The van der Waals surface area contributed by atoms with E-state index in [0.717, 1.165) is 24.3 Å². The molecule has 1 aliphatic heterocycles. The summed E-state index contributed by atoms with van der Waals surface area (Å²) in [6.07, 6.45) is 2.65. The topological polar surface area (TPSA) is 23.5 Å². The van der Waals surface area contributed by atoms with Gasteiger partial charge in [0.1, 0.15) is 0 Å². The number of β-amino-alcohol motifs (C(OH)–C–C–N with tert-alkyl or cyclic N) is 1. The third-order valence-corrected chi connectivity index (χ3v) is 4.57. The highest BCUT2D eigenvalue weighted by molar-refractivity contribution is 4.95. The van der Waals surface area contributed by atoms with Crippen LogP contribution < -0.4 is 0 Å². The number of hydrogen-bond donors (Lipinski definition) is 1. The maximum Gasteiger partial charge on any atom is 0.0639 e. The Morgan fingerprint density at radius 2 is 1.69 bits per heavy atom. The van der Waals surface area contributed by atoms with Gasteiger partial charge in [0.05, 0.1) is 6.10 Å². The van der Waals surface area contributed by atoms with Crippen molar-refractivity contribution in [3.8, 4) is 0 Å². The van der Waals surface area contributed by atoms with E-state index in [9.17, 15) is 5.11 Å². The second-order valence-electron chi connectivity index (χ2n) is 7.12. The van der Waals surface area contributed by atoms with E-state index in [4.69, 9.17) is 0 Å². The van der Waals surface area contributed by atoms with Crippen molar-refractivity contribution in [2.24, 2.45) is 23.2 Å². The Morgan fingerprint density at radius 3 is 2.06 bits per heavy atom. The molecule has 0 bridgehead atoms. The van der Waals surface area contributed by atoms with Gasteiger partial charge in [0.15, 0.2) is 0 Å². The van der Waals surface area contributed by atoms with Gasteiger partial charge in [-0.3, -0.25) is 0 Å². The molecule has 2 heteroatoms. The van der Waals surface area contributed by atoms with Crippen LogP contribution in [-0.2, 0) is 0 Å². The van der Waals surface area contributed by atoms with Gasteiger partial charge >= 0.3 is 0 Å². The molecule has 2 fully saturated rings. The van der Waals surface area contributed by atoms with Crippen LogP contribution in [0.5, 0.6) is 0 Å². The van der Waals surface area contributed by atoms with E-state index in [1.165, 1.54) is 25.9 Å². The molecule has 1 saturated carbocycles. The van der Waals surface area contributed by atoms with Crippen molar-refractivity contribution in [1.29, 1.82) is 0 Å². The normalized spacial score (nSPS) is 37.7. The van der Waals surface area contributed by atoms with Gasteiger partial charge in [0.2, 0.25) is 0 Å². The highest BCUT2D eigenvalue weighted by Crippen LogP contribution is 2.48. The molecule has 3 atom stereocenters. The first-order valence-electron chi connectivity index (χ1n) is 6.76. The quantitative estimate of drug-likeness (QED) is 0.780. The number of fused-ring (bicyclic) bond motifs is 1. The largest absolute Gasteiger partial charge is 0.392 e. The number of rotatable bonds is 2. The van der Waals surface area contributed by atoms with Crippen molar-refractivity contribution in [3.05, 3.63) is 0 Å². The van der Waals surface area contributed by atoms with Crippen molar-refractivity contribution in [2.45, 2.75) is 46.6 Å². The number of likely N-dealkylation sites (tertiary alicyclic amines) is 1. The zero-order valence-electron chi connectivity index (χ0n) is 11.2. The average Bonchev–Trinajstić information content (AvgIpc) is 2.57. The molecular formula is C14H27NO. The molecule has 1 aliphatic carbocycles. The van der Waals surface area contributed by atoms with Crippen LogP contribution in [0.25, 0.3) is 0 Å². The second kappa shape index (κ2) is 4.30. The van der Waals surface area contributed by atoms with Crippen molar-refractivity contribution < 1.29 is 5.11 Å². The Kier molecular flexibility index (Phi) is 3.33. The summed E-state index contributed by atoms with van der Waals surface area (Å²) in [5.41, 5.74) is 0.486. The van der Waals surface area contributed by atoms with Gasteiger partial charge in [-0.15, -0.1) is 0 Å². The molecule has 16 heavy (non-hydrogen) atoms. The van der Waals surface area contributed by atoms with Gasteiger partial charge in [-0.25, -0.2) is 0 Å². The lowest BCUT2D eigenvalue weighted by molar-refractivity contribution is 0.130. The lowest BCUT2D eigenvalue weighted by Gasteiger charge is -2.29. The molecule has 2 aliphatic rings. The van der Waals surface area contributed by atoms with Crippen LogP contribution in [0.15, 0.2) is 0 Å². The third kappa shape index (κ3) is 2.60. The summed E-state index contributed by atoms with van der Waals surface area (Å²) in [6, 6.07) is 0. The van der Waals surface area contributed by atoms with Gasteiger partial charge in [-0.1, -0.05) is 20.8 Å². The summed E-state index contributed by atoms with van der Waals surface area (Å²) < 4.78 is 0. The fourth-order valence-electron chi connectivity index (χ4n) is 3.63. The first-order valence-corrected chi connectivity index (χ1v) is 6.76. The molecule has 1 N–H and O–H groups in total. The van der Waals surface area contributed by atoms with E-state index in [1.54, 1.807) is 0 Å².